The van der Waals surface area contributed by atoms with Crippen molar-refractivity contribution in [3.05, 3.63) is 77.4 Å². The van der Waals surface area contributed by atoms with Crippen molar-refractivity contribution in [1.82, 2.24) is 4.98 Å². The van der Waals surface area contributed by atoms with Crippen molar-refractivity contribution in [2.24, 2.45) is 7.05 Å². The Labute approximate surface area is 177 Å². The van der Waals surface area contributed by atoms with Crippen LogP contribution in [0.15, 0.2) is 64.8 Å². The van der Waals surface area contributed by atoms with Crippen LogP contribution in [0.1, 0.15) is 23.9 Å². The van der Waals surface area contributed by atoms with Gasteiger partial charge in [0.15, 0.2) is 0 Å². The van der Waals surface area contributed by atoms with Crippen LogP contribution in [-0.4, -0.2) is 11.8 Å². The summed E-state index contributed by atoms with van der Waals surface area (Å²) in [6.07, 6.45) is 4.36. The first-order valence-corrected chi connectivity index (χ1v) is 10.4. The molecule has 0 N–H and O–H groups in total. The van der Waals surface area contributed by atoms with Gasteiger partial charge in [0.25, 0.3) is 5.82 Å². The van der Waals surface area contributed by atoms with Crippen LogP contribution in [0.4, 0.5) is 5.82 Å². The summed E-state index contributed by atoms with van der Waals surface area (Å²) in [5.74, 6) is 2.08. The van der Waals surface area contributed by atoms with Gasteiger partial charge in [0.05, 0.1) is 18.9 Å². The Kier molecular flexibility index (Phi) is 4.28. The first-order valence-electron chi connectivity index (χ1n) is 10.4. The minimum Gasteiger partial charge on any atom is -0.439 e. The van der Waals surface area contributed by atoms with Gasteiger partial charge in [0, 0.05) is 34.2 Å². The molecule has 30 heavy (non-hydrogen) atoms. The number of pyridine rings is 2. The lowest BCUT2D eigenvalue weighted by Crippen LogP contribution is -2.52. The molecule has 4 aromatic rings. The van der Waals surface area contributed by atoms with Crippen LogP contribution < -0.4 is 14.8 Å². The van der Waals surface area contributed by atoms with E-state index in [1.807, 2.05) is 6.92 Å². The summed E-state index contributed by atoms with van der Waals surface area (Å²) in [6.45, 7) is 8.71. The van der Waals surface area contributed by atoms with Gasteiger partial charge in [-0.15, -0.1) is 0 Å². The number of benzene rings is 1. The van der Waals surface area contributed by atoms with Gasteiger partial charge in [-0.2, -0.15) is 0 Å². The smallest absolute Gasteiger partial charge is 0.413 e. The van der Waals surface area contributed by atoms with Crippen molar-refractivity contribution >= 4 is 35.3 Å². The van der Waals surface area contributed by atoms with Gasteiger partial charge >= 0.3 is 6.85 Å². The van der Waals surface area contributed by atoms with E-state index in [4.69, 9.17) is 4.42 Å². The molecule has 0 spiro atoms. The highest BCUT2D eigenvalue weighted by Gasteiger charge is 2.40. The molecule has 0 fully saturated rings. The van der Waals surface area contributed by atoms with E-state index in [-0.39, 0.29) is 6.85 Å². The Morgan fingerprint density at radius 1 is 1.03 bits per heavy atom. The number of aryl methyl sites for hydroxylation is 3. The van der Waals surface area contributed by atoms with Gasteiger partial charge in [0.2, 0.25) is 5.71 Å². The molecule has 3 aromatic heterocycles. The minimum absolute atomic E-state index is 0.143. The third-order valence-corrected chi connectivity index (χ3v) is 6.07. The topological polar surface area (TPSA) is 33.2 Å². The van der Waals surface area contributed by atoms with Gasteiger partial charge < -0.3 is 4.42 Å². The molecular formula is C25H25BN3O+. The Morgan fingerprint density at radius 3 is 2.57 bits per heavy atom. The predicted octanol–water partition coefficient (Wildman–Crippen LogP) is 4.65. The fourth-order valence-corrected chi connectivity index (χ4v) is 4.61. The standard InChI is InChI=1S/C25H25BN3O/c1-16-13-23(28(5)15-21(16)19-9-7-6-8-10-19)29-18(3)14-22-24(26(29)4)20-12-11-17(2)27-25(20)30-22/h6-15H,1-5H3/q+1. The second-order valence-electron chi connectivity index (χ2n) is 8.22. The van der Waals surface area contributed by atoms with Crippen molar-refractivity contribution in [3.63, 3.8) is 0 Å². The predicted molar refractivity (Wildman–Crippen MR) is 124 cm³/mol. The van der Waals surface area contributed by atoms with Crippen LogP contribution in [0.3, 0.4) is 0 Å². The number of hydrogen-bond acceptors (Lipinski definition) is 3. The Hall–Kier alpha value is -3.34. The first-order chi connectivity index (χ1) is 14.4. The monoisotopic (exact) mass is 394 g/mol. The zero-order valence-electron chi connectivity index (χ0n) is 18.1. The summed E-state index contributed by atoms with van der Waals surface area (Å²) in [7, 11) is 2.12. The van der Waals surface area contributed by atoms with E-state index < -0.39 is 0 Å². The molecule has 5 rings (SSSR count). The largest absolute Gasteiger partial charge is 0.439 e. The fraction of sp³-hybridized carbons (Fsp3) is 0.200. The summed E-state index contributed by atoms with van der Waals surface area (Å²) in [5, 5.41) is 1.09. The average Bonchev–Trinajstić information content (AvgIpc) is 3.08. The fourth-order valence-electron chi connectivity index (χ4n) is 4.61. The zero-order valence-corrected chi connectivity index (χ0v) is 18.1. The van der Waals surface area contributed by atoms with Crippen LogP contribution in [0.25, 0.3) is 28.3 Å². The lowest BCUT2D eigenvalue weighted by Gasteiger charge is -2.27. The molecule has 0 bridgehead atoms. The number of allylic oxidation sites excluding steroid dienone is 1. The zero-order chi connectivity index (χ0) is 21.0. The molecule has 1 aliphatic heterocycles. The molecule has 0 saturated carbocycles. The van der Waals surface area contributed by atoms with Crippen LogP contribution in [0.2, 0.25) is 6.82 Å². The van der Waals surface area contributed by atoms with Crippen molar-refractivity contribution in [2.75, 3.05) is 4.81 Å². The van der Waals surface area contributed by atoms with Crippen LogP contribution >= 0.6 is 0 Å². The van der Waals surface area contributed by atoms with Gasteiger partial charge in [-0.05, 0) is 50.9 Å². The van der Waals surface area contributed by atoms with Crippen molar-refractivity contribution in [2.45, 2.75) is 27.6 Å². The maximum absolute atomic E-state index is 6.11. The van der Waals surface area contributed by atoms with E-state index >= 15 is 0 Å². The lowest BCUT2D eigenvalue weighted by atomic mass is 9.54. The molecule has 0 amide bonds. The molecular weight excluding hydrogens is 369 g/mol. The van der Waals surface area contributed by atoms with E-state index in [9.17, 15) is 0 Å². The maximum Gasteiger partial charge on any atom is 0.413 e. The SMILES string of the molecule is CB1c2c(oc3nc(C)ccc23)C=C(C)N1c1cc(C)c(-c2ccccc2)c[n+]1C. The number of aromatic nitrogens is 2. The molecule has 4 heterocycles. The van der Waals surface area contributed by atoms with E-state index in [1.54, 1.807) is 0 Å². The third-order valence-electron chi connectivity index (χ3n) is 6.07. The molecule has 0 saturated heterocycles. The van der Waals surface area contributed by atoms with Crippen molar-refractivity contribution in [1.29, 1.82) is 0 Å². The molecule has 5 heteroatoms. The van der Waals surface area contributed by atoms with Crippen molar-refractivity contribution in [3.8, 4) is 11.1 Å². The van der Waals surface area contributed by atoms with Gasteiger partial charge in [-0.3, -0.25) is 4.81 Å². The van der Waals surface area contributed by atoms with E-state index in [0.717, 1.165) is 34.1 Å². The number of fused-ring (bicyclic) bond motifs is 3. The quantitative estimate of drug-likeness (QED) is 0.367. The Balaban J connectivity index is 1.63. The summed E-state index contributed by atoms with van der Waals surface area (Å²) < 4.78 is 8.33. The number of nitrogens with zero attached hydrogens (tertiary/aromatic N) is 3. The van der Waals surface area contributed by atoms with Gasteiger partial charge in [-0.1, -0.05) is 30.3 Å². The highest BCUT2D eigenvalue weighted by atomic mass is 16.3. The molecule has 1 aliphatic rings. The second kappa shape index (κ2) is 6.87. The molecule has 148 valence electrons. The summed E-state index contributed by atoms with van der Waals surface area (Å²) in [4.78, 5) is 6.98. The summed E-state index contributed by atoms with van der Waals surface area (Å²) in [5.41, 5.74) is 7.80. The van der Waals surface area contributed by atoms with Crippen LogP contribution in [0.5, 0.6) is 0 Å². The molecule has 0 radical (unpaired) electrons. The molecule has 0 unspecified atom stereocenters. The van der Waals surface area contributed by atoms with Crippen LogP contribution in [-0.2, 0) is 7.05 Å². The summed E-state index contributed by atoms with van der Waals surface area (Å²) >= 11 is 0. The normalized spacial score (nSPS) is 13.6. The highest BCUT2D eigenvalue weighted by Crippen LogP contribution is 2.30. The van der Waals surface area contributed by atoms with Gasteiger partial charge in [-0.25, -0.2) is 9.55 Å². The lowest BCUT2D eigenvalue weighted by molar-refractivity contribution is -0.657. The first kappa shape index (κ1) is 18.7. The average molecular weight is 394 g/mol. The van der Waals surface area contributed by atoms with Crippen LogP contribution in [0, 0.1) is 13.8 Å². The molecule has 4 nitrogen and oxygen atoms in total. The highest BCUT2D eigenvalue weighted by molar-refractivity contribution is 6.79. The minimum atomic E-state index is 0.143. The third kappa shape index (κ3) is 2.85. The van der Waals surface area contributed by atoms with E-state index in [0.29, 0.717) is 0 Å². The number of hydrogen-bond donors (Lipinski definition) is 0. The Morgan fingerprint density at radius 2 is 1.80 bits per heavy atom. The second-order valence-corrected chi connectivity index (χ2v) is 8.22. The van der Waals surface area contributed by atoms with Crippen molar-refractivity contribution < 1.29 is 8.98 Å². The number of furan rings is 1. The summed E-state index contributed by atoms with van der Waals surface area (Å²) in [6, 6.07) is 17.0. The Bertz CT molecular complexity index is 1310. The van der Waals surface area contributed by atoms with Gasteiger partial charge in [0.1, 0.15) is 5.76 Å². The number of rotatable bonds is 2. The molecule has 0 atom stereocenters. The molecule has 1 aromatic carbocycles. The van der Waals surface area contributed by atoms with E-state index in [2.05, 4.69) is 103 Å². The number of anilines is 1. The maximum atomic E-state index is 6.11. The molecule has 0 aliphatic carbocycles. The van der Waals surface area contributed by atoms with E-state index in [1.165, 1.54) is 22.2 Å².